The molecule has 0 saturated heterocycles. The fourth-order valence-corrected chi connectivity index (χ4v) is 0.482. The SMILES string of the molecule is CC.C[C@@H](CCC(N)=O)C(=O)O. The van der Waals surface area contributed by atoms with Crippen molar-refractivity contribution in [1.29, 1.82) is 0 Å². The Kier molecular flexibility index (Phi) is 9.06. The number of aliphatic carboxylic acids is 1. The monoisotopic (exact) mass is 175 g/mol. The van der Waals surface area contributed by atoms with Gasteiger partial charge in [-0.3, -0.25) is 9.59 Å². The molecule has 72 valence electrons. The van der Waals surface area contributed by atoms with Crippen molar-refractivity contribution in [1.82, 2.24) is 0 Å². The molecule has 12 heavy (non-hydrogen) atoms. The van der Waals surface area contributed by atoms with Crippen molar-refractivity contribution < 1.29 is 14.7 Å². The number of primary amides is 1. The van der Waals surface area contributed by atoms with E-state index >= 15 is 0 Å². The molecule has 4 nitrogen and oxygen atoms in total. The van der Waals surface area contributed by atoms with Gasteiger partial charge in [-0.05, 0) is 6.42 Å². The van der Waals surface area contributed by atoms with Gasteiger partial charge in [-0.15, -0.1) is 0 Å². The molecular formula is C8H17NO3. The summed E-state index contributed by atoms with van der Waals surface area (Å²) in [4.78, 5) is 20.3. The van der Waals surface area contributed by atoms with E-state index in [2.05, 4.69) is 0 Å². The number of hydrogen-bond donors (Lipinski definition) is 2. The Bertz CT molecular complexity index is 145. The summed E-state index contributed by atoms with van der Waals surface area (Å²) in [6.45, 7) is 5.55. The summed E-state index contributed by atoms with van der Waals surface area (Å²) >= 11 is 0. The van der Waals surface area contributed by atoms with Crippen molar-refractivity contribution in [2.45, 2.75) is 33.6 Å². The molecule has 0 radical (unpaired) electrons. The summed E-state index contributed by atoms with van der Waals surface area (Å²) in [6.07, 6.45) is 0.470. The zero-order valence-electron chi connectivity index (χ0n) is 7.83. The Labute approximate surface area is 72.8 Å². The molecule has 0 unspecified atom stereocenters. The Morgan fingerprint density at radius 2 is 1.83 bits per heavy atom. The molecule has 0 aromatic rings. The maximum Gasteiger partial charge on any atom is 0.306 e. The molecule has 0 saturated carbocycles. The topological polar surface area (TPSA) is 80.4 Å². The summed E-state index contributed by atoms with van der Waals surface area (Å²) < 4.78 is 0. The second kappa shape index (κ2) is 8.04. The summed E-state index contributed by atoms with van der Waals surface area (Å²) in [7, 11) is 0. The standard InChI is InChI=1S/C6H11NO3.C2H6/c1-4(6(9)10)2-3-5(7)8;1-2/h4H,2-3H2,1H3,(H2,7,8)(H,9,10);1-2H3/t4-;/m0./s1. The smallest absolute Gasteiger partial charge is 0.306 e. The zero-order valence-corrected chi connectivity index (χ0v) is 7.83. The van der Waals surface area contributed by atoms with Crippen LogP contribution in [0.25, 0.3) is 0 Å². The van der Waals surface area contributed by atoms with Crippen LogP contribution in [-0.2, 0) is 9.59 Å². The van der Waals surface area contributed by atoms with Crippen molar-refractivity contribution in [3.63, 3.8) is 0 Å². The van der Waals surface area contributed by atoms with E-state index in [0.717, 1.165) is 0 Å². The Morgan fingerprint density at radius 1 is 1.42 bits per heavy atom. The van der Waals surface area contributed by atoms with Crippen LogP contribution < -0.4 is 5.73 Å². The molecule has 0 aliphatic carbocycles. The minimum Gasteiger partial charge on any atom is -0.481 e. The van der Waals surface area contributed by atoms with Crippen LogP contribution in [0.5, 0.6) is 0 Å². The average Bonchev–Trinajstić information content (AvgIpc) is 2.03. The molecule has 0 aliphatic rings. The summed E-state index contributed by atoms with van der Waals surface area (Å²) in [5.41, 5.74) is 4.81. The quantitative estimate of drug-likeness (QED) is 0.668. The van der Waals surface area contributed by atoms with E-state index in [1.54, 1.807) is 6.92 Å². The number of rotatable bonds is 4. The highest BCUT2D eigenvalue weighted by atomic mass is 16.4. The van der Waals surface area contributed by atoms with Crippen LogP contribution in [0.3, 0.4) is 0 Å². The van der Waals surface area contributed by atoms with Gasteiger partial charge in [0.15, 0.2) is 0 Å². The van der Waals surface area contributed by atoms with Crippen LogP contribution in [0.4, 0.5) is 0 Å². The first-order chi connectivity index (χ1) is 5.54. The van der Waals surface area contributed by atoms with Crippen LogP contribution in [0.2, 0.25) is 0 Å². The zero-order chi connectivity index (χ0) is 10.1. The molecule has 0 spiro atoms. The van der Waals surface area contributed by atoms with Gasteiger partial charge in [0.1, 0.15) is 0 Å². The molecule has 4 heteroatoms. The van der Waals surface area contributed by atoms with Crippen LogP contribution >= 0.6 is 0 Å². The minimum absolute atomic E-state index is 0.146. The normalized spacial score (nSPS) is 10.9. The van der Waals surface area contributed by atoms with E-state index in [4.69, 9.17) is 10.8 Å². The lowest BCUT2D eigenvalue weighted by atomic mass is 10.1. The first kappa shape index (κ1) is 13.5. The largest absolute Gasteiger partial charge is 0.481 e. The maximum absolute atomic E-state index is 10.2. The molecule has 0 aromatic heterocycles. The second-order valence-electron chi connectivity index (χ2n) is 2.24. The fraction of sp³-hybridized carbons (Fsp3) is 0.750. The third-order valence-electron chi connectivity index (χ3n) is 1.25. The highest BCUT2D eigenvalue weighted by Gasteiger charge is 2.10. The van der Waals surface area contributed by atoms with Gasteiger partial charge in [0.05, 0.1) is 5.92 Å². The lowest BCUT2D eigenvalue weighted by Gasteiger charge is -2.01. The minimum atomic E-state index is -0.888. The third kappa shape index (κ3) is 8.94. The molecule has 0 fully saturated rings. The number of carbonyl (C=O) groups excluding carboxylic acids is 1. The van der Waals surface area contributed by atoms with E-state index in [-0.39, 0.29) is 6.42 Å². The highest BCUT2D eigenvalue weighted by Crippen LogP contribution is 2.03. The molecule has 0 heterocycles. The first-order valence-electron chi connectivity index (χ1n) is 4.05. The lowest BCUT2D eigenvalue weighted by Crippen LogP contribution is -2.15. The van der Waals surface area contributed by atoms with Gasteiger partial charge in [-0.25, -0.2) is 0 Å². The van der Waals surface area contributed by atoms with Gasteiger partial charge in [0, 0.05) is 6.42 Å². The Balaban J connectivity index is 0. The first-order valence-corrected chi connectivity index (χ1v) is 4.05. The number of hydrogen-bond acceptors (Lipinski definition) is 2. The number of nitrogens with two attached hydrogens (primary N) is 1. The molecule has 1 amide bonds. The van der Waals surface area contributed by atoms with Gasteiger partial charge in [0.2, 0.25) is 5.91 Å². The Hall–Kier alpha value is -1.06. The van der Waals surface area contributed by atoms with Gasteiger partial charge < -0.3 is 10.8 Å². The number of carbonyl (C=O) groups is 2. The number of carboxylic acids is 1. The fourth-order valence-electron chi connectivity index (χ4n) is 0.482. The summed E-state index contributed by atoms with van der Waals surface area (Å²) in [5.74, 6) is -1.82. The van der Waals surface area contributed by atoms with Crippen molar-refractivity contribution in [3.8, 4) is 0 Å². The van der Waals surface area contributed by atoms with Crippen molar-refractivity contribution in [3.05, 3.63) is 0 Å². The molecule has 1 atom stereocenters. The predicted molar refractivity (Wildman–Crippen MR) is 46.6 cm³/mol. The summed E-state index contributed by atoms with van der Waals surface area (Å²) in [5, 5.41) is 8.34. The van der Waals surface area contributed by atoms with Gasteiger partial charge >= 0.3 is 5.97 Å². The molecule has 0 aliphatic heterocycles. The van der Waals surface area contributed by atoms with Crippen LogP contribution in [0, 0.1) is 5.92 Å². The van der Waals surface area contributed by atoms with Crippen LogP contribution in [-0.4, -0.2) is 17.0 Å². The van der Waals surface area contributed by atoms with E-state index in [0.29, 0.717) is 6.42 Å². The van der Waals surface area contributed by atoms with Crippen LogP contribution in [0.1, 0.15) is 33.6 Å². The molecule has 0 bridgehead atoms. The van der Waals surface area contributed by atoms with Gasteiger partial charge in [-0.2, -0.15) is 0 Å². The average molecular weight is 175 g/mol. The summed E-state index contributed by atoms with van der Waals surface area (Å²) in [6, 6.07) is 0. The number of carboxylic acid groups (broad SMARTS) is 1. The molecule has 3 N–H and O–H groups in total. The third-order valence-corrected chi connectivity index (χ3v) is 1.25. The molecule has 0 aromatic carbocycles. The van der Waals surface area contributed by atoms with Crippen molar-refractivity contribution in [2.75, 3.05) is 0 Å². The van der Waals surface area contributed by atoms with E-state index < -0.39 is 17.8 Å². The molecular weight excluding hydrogens is 158 g/mol. The molecule has 0 rings (SSSR count). The number of amides is 1. The maximum atomic E-state index is 10.2. The van der Waals surface area contributed by atoms with E-state index in [1.807, 2.05) is 13.8 Å². The van der Waals surface area contributed by atoms with E-state index in [9.17, 15) is 9.59 Å². The predicted octanol–water partition coefficient (Wildman–Crippen LogP) is 0.999. The lowest BCUT2D eigenvalue weighted by molar-refractivity contribution is -0.141. The van der Waals surface area contributed by atoms with Crippen molar-refractivity contribution in [2.24, 2.45) is 11.7 Å². The highest BCUT2D eigenvalue weighted by molar-refractivity contribution is 5.75. The van der Waals surface area contributed by atoms with Crippen molar-refractivity contribution >= 4 is 11.9 Å². The van der Waals surface area contributed by atoms with Gasteiger partial charge in [-0.1, -0.05) is 20.8 Å². The van der Waals surface area contributed by atoms with Crippen LogP contribution in [0.15, 0.2) is 0 Å². The second-order valence-corrected chi connectivity index (χ2v) is 2.24. The Morgan fingerprint density at radius 3 is 2.08 bits per heavy atom. The van der Waals surface area contributed by atoms with E-state index in [1.165, 1.54) is 0 Å². The van der Waals surface area contributed by atoms with Gasteiger partial charge in [0.25, 0.3) is 0 Å².